The first-order valence-electron chi connectivity index (χ1n) is 4.96. The Kier molecular flexibility index (Phi) is 4.31. The summed E-state index contributed by atoms with van der Waals surface area (Å²) >= 11 is 0. The molecule has 1 aliphatic rings. The minimum atomic E-state index is 0.319. The third kappa shape index (κ3) is 3.06. The summed E-state index contributed by atoms with van der Waals surface area (Å²) in [6.07, 6.45) is 6.94. The van der Waals surface area contributed by atoms with Gasteiger partial charge in [-0.15, -0.1) is 0 Å². The van der Waals surface area contributed by atoms with Gasteiger partial charge in [0.2, 0.25) is 6.41 Å². The van der Waals surface area contributed by atoms with E-state index in [1.807, 2.05) is 4.90 Å². The largest absolute Gasteiger partial charge is 0.342 e. The summed E-state index contributed by atoms with van der Waals surface area (Å²) in [5, 5.41) is 8.47. The van der Waals surface area contributed by atoms with Gasteiger partial charge in [-0.05, 0) is 19.3 Å². The molecule has 0 spiro atoms. The molecule has 0 aromatic carbocycles. The van der Waals surface area contributed by atoms with Gasteiger partial charge in [0.15, 0.2) is 0 Å². The number of nitrogens with zero attached hydrogens (tertiary/aromatic N) is 2. The van der Waals surface area contributed by atoms with Crippen LogP contribution in [-0.4, -0.2) is 23.9 Å². The maximum atomic E-state index is 10.7. The first-order chi connectivity index (χ1) is 6.38. The minimum absolute atomic E-state index is 0.319. The van der Waals surface area contributed by atoms with Crippen LogP contribution in [0.4, 0.5) is 0 Å². The fourth-order valence-electron chi connectivity index (χ4n) is 1.88. The van der Waals surface area contributed by atoms with Crippen molar-refractivity contribution in [3.63, 3.8) is 0 Å². The highest BCUT2D eigenvalue weighted by Crippen LogP contribution is 2.18. The number of nitriles is 1. The lowest BCUT2D eigenvalue weighted by molar-refractivity contribution is -0.120. The maximum Gasteiger partial charge on any atom is 0.209 e. The summed E-state index contributed by atoms with van der Waals surface area (Å²) in [6, 6.07) is 2.46. The third-order valence-corrected chi connectivity index (χ3v) is 2.65. The molecule has 13 heavy (non-hydrogen) atoms. The quantitative estimate of drug-likeness (QED) is 0.620. The van der Waals surface area contributed by atoms with E-state index in [1.54, 1.807) is 0 Å². The summed E-state index contributed by atoms with van der Waals surface area (Å²) in [5.74, 6) is 0. The molecule has 1 fully saturated rings. The molecule has 1 unspecified atom stereocenters. The number of likely N-dealkylation sites (tertiary alicyclic amines) is 1. The molecule has 0 saturated carbocycles. The zero-order valence-electron chi connectivity index (χ0n) is 7.91. The summed E-state index contributed by atoms with van der Waals surface area (Å²) in [5.41, 5.74) is 0. The first kappa shape index (κ1) is 10.0. The van der Waals surface area contributed by atoms with Crippen molar-refractivity contribution in [2.45, 2.75) is 44.6 Å². The van der Waals surface area contributed by atoms with Gasteiger partial charge < -0.3 is 4.90 Å². The molecule has 72 valence electrons. The number of rotatable bonds is 3. The van der Waals surface area contributed by atoms with Crippen LogP contribution in [0.3, 0.4) is 0 Å². The van der Waals surface area contributed by atoms with E-state index in [0.29, 0.717) is 12.5 Å². The molecule has 0 aromatic heterocycles. The number of carbonyl (C=O) groups excluding carboxylic acids is 1. The Balaban J connectivity index is 2.44. The Hall–Kier alpha value is -1.04. The molecule has 3 nitrogen and oxygen atoms in total. The Morgan fingerprint density at radius 3 is 3.00 bits per heavy atom. The number of hydrogen-bond acceptors (Lipinski definition) is 2. The van der Waals surface area contributed by atoms with E-state index in [4.69, 9.17) is 5.26 Å². The minimum Gasteiger partial charge on any atom is -0.342 e. The van der Waals surface area contributed by atoms with Gasteiger partial charge in [-0.3, -0.25) is 4.79 Å². The van der Waals surface area contributed by atoms with Gasteiger partial charge in [-0.25, -0.2) is 0 Å². The molecule has 1 amide bonds. The van der Waals surface area contributed by atoms with Crippen LogP contribution in [0.25, 0.3) is 0 Å². The van der Waals surface area contributed by atoms with Gasteiger partial charge in [0.1, 0.15) is 0 Å². The molecule has 1 rings (SSSR count). The van der Waals surface area contributed by atoms with Crippen LogP contribution in [-0.2, 0) is 4.79 Å². The van der Waals surface area contributed by atoms with Crippen molar-refractivity contribution in [2.24, 2.45) is 0 Å². The standard InChI is InChI=1S/C10H16N2O/c11-7-4-6-10-5-2-1-3-8-12(10)9-13/h9-10H,1-6,8H2. The molecule has 1 atom stereocenters. The van der Waals surface area contributed by atoms with Crippen LogP contribution in [0.2, 0.25) is 0 Å². The summed E-state index contributed by atoms with van der Waals surface area (Å²) in [7, 11) is 0. The maximum absolute atomic E-state index is 10.7. The second-order valence-electron chi connectivity index (χ2n) is 3.54. The van der Waals surface area contributed by atoms with Crippen LogP contribution in [0.15, 0.2) is 0 Å². The van der Waals surface area contributed by atoms with Crippen molar-refractivity contribution in [3.05, 3.63) is 0 Å². The molecule has 0 radical (unpaired) electrons. The topological polar surface area (TPSA) is 44.1 Å². The van der Waals surface area contributed by atoms with E-state index in [2.05, 4.69) is 6.07 Å². The van der Waals surface area contributed by atoms with Crippen LogP contribution >= 0.6 is 0 Å². The molecule has 0 aliphatic carbocycles. The van der Waals surface area contributed by atoms with E-state index < -0.39 is 0 Å². The molecule has 3 heteroatoms. The lowest BCUT2D eigenvalue weighted by Gasteiger charge is -2.25. The van der Waals surface area contributed by atoms with Gasteiger partial charge in [0.05, 0.1) is 6.07 Å². The smallest absolute Gasteiger partial charge is 0.209 e. The van der Waals surface area contributed by atoms with Crippen molar-refractivity contribution in [1.82, 2.24) is 4.90 Å². The van der Waals surface area contributed by atoms with E-state index >= 15 is 0 Å². The Bertz CT molecular complexity index is 198. The average Bonchev–Trinajstić information content (AvgIpc) is 2.39. The van der Waals surface area contributed by atoms with Crippen LogP contribution in [0.1, 0.15) is 38.5 Å². The van der Waals surface area contributed by atoms with Crippen molar-refractivity contribution < 1.29 is 4.79 Å². The van der Waals surface area contributed by atoms with Crippen LogP contribution in [0.5, 0.6) is 0 Å². The van der Waals surface area contributed by atoms with E-state index in [-0.39, 0.29) is 0 Å². The molecule has 1 saturated heterocycles. The van der Waals surface area contributed by atoms with Crippen molar-refractivity contribution >= 4 is 6.41 Å². The van der Waals surface area contributed by atoms with E-state index in [0.717, 1.165) is 32.2 Å². The lowest BCUT2D eigenvalue weighted by Crippen LogP contribution is -2.33. The second kappa shape index (κ2) is 5.58. The predicted molar refractivity (Wildman–Crippen MR) is 49.9 cm³/mol. The van der Waals surface area contributed by atoms with Gasteiger partial charge in [-0.2, -0.15) is 5.26 Å². The molecule has 0 aromatic rings. The zero-order valence-corrected chi connectivity index (χ0v) is 7.91. The lowest BCUT2D eigenvalue weighted by atomic mass is 10.1. The number of carbonyl (C=O) groups is 1. The molecule has 1 heterocycles. The fourth-order valence-corrected chi connectivity index (χ4v) is 1.88. The molecular formula is C10H16N2O. The number of hydrogen-bond donors (Lipinski definition) is 0. The highest BCUT2D eigenvalue weighted by Gasteiger charge is 2.18. The van der Waals surface area contributed by atoms with Crippen LogP contribution in [0, 0.1) is 11.3 Å². The van der Waals surface area contributed by atoms with Gasteiger partial charge in [-0.1, -0.05) is 12.8 Å². The van der Waals surface area contributed by atoms with Crippen molar-refractivity contribution in [2.75, 3.05) is 6.54 Å². The van der Waals surface area contributed by atoms with Gasteiger partial charge >= 0.3 is 0 Å². The molecule has 1 aliphatic heterocycles. The fraction of sp³-hybridized carbons (Fsp3) is 0.800. The first-order valence-corrected chi connectivity index (χ1v) is 4.96. The highest BCUT2D eigenvalue weighted by atomic mass is 16.1. The molecular weight excluding hydrogens is 164 g/mol. The third-order valence-electron chi connectivity index (χ3n) is 2.65. The zero-order chi connectivity index (χ0) is 9.52. The van der Waals surface area contributed by atoms with E-state index in [1.165, 1.54) is 12.8 Å². The van der Waals surface area contributed by atoms with Gasteiger partial charge in [0, 0.05) is 19.0 Å². The normalized spacial score (nSPS) is 23.3. The highest BCUT2D eigenvalue weighted by molar-refractivity contribution is 5.47. The van der Waals surface area contributed by atoms with Crippen molar-refractivity contribution in [1.29, 1.82) is 5.26 Å². The Morgan fingerprint density at radius 2 is 2.31 bits per heavy atom. The summed E-state index contributed by atoms with van der Waals surface area (Å²) < 4.78 is 0. The summed E-state index contributed by atoms with van der Waals surface area (Å²) in [6.45, 7) is 0.875. The van der Waals surface area contributed by atoms with Crippen molar-refractivity contribution in [3.8, 4) is 6.07 Å². The Labute approximate surface area is 79.3 Å². The van der Waals surface area contributed by atoms with Crippen LogP contribution < -0.4 is 0 Å². The molecule has 0 bridgehead atoms. The molecule has 0 N–H and O–H groups in total. The summed E-state index contributed by atoms with van der Waals surface area (Å²) in [4.78, 5) is 12.6. The van der Waals surface area contributed by atoms with E-state index in [9.17, 15) is 4.79 Å². The number of amides is 1. The van der Waals surface area contributed by atoms with Gasteiger partial charge in [0.25, 0.3) is 0 Å². The SMILES string of the molecule is N#CCCC1CCCCCN1C=O. The predicted octanol–water partition coefficient (Wildman–Crippen LogP) is 1.69. The second-order valence-corrected chi connectivity index (χ2v) is 3.54. The monoisotopic (exact) mass is 180 g/mol. The average molecular weight is 180 g/mol. The Morgan fingerprint density at radius 1 is 1.46 bits per heavy atom.